The van der Waals surface area contributed by atoms with Gasteiger partial charge in [-0.1, -0.05) is 13.8 Å². The molecule has 0 amide bonds. The number of aliphatic hydroxyl groups is 1. The van der Waals surface area contributed by atoms with Crippen molar-refractivity contribution in [2.45, 2.75) is 94.9 Å². The number of esters is 1. The van der Waals surface area contributed by atoms with Crippen LogP contribution < -0.4 is 0 Å². The fourth-order valence-electron chi connectivity index (χ4n) is 9.44. The molecule has 2 saturated heterocycles. The largest absolute Gasteiger partial charge is 0.429 e. The lowest BCUT2D eigenvalue weighted by atomic mass is 9.43. The number of hydrogen-bond acceptors (Lipinski definition) is 5. The van der Waals surface area contributed by atoms with Gasteiger partial charge in [0, 0.05) is 17.4 Å². The summed E-state index contributed by atoms with van der Waals surface area (Å²) in [4.78, 5) is 11.6. The van der Waals surface area contributed by atoms with E-state index in [1.54, 1.807) is 6.08 Å². The van der Waals surface area contributed by atoms with Crippen molar-refractivity contribution >= 4 is 5.97 Å². The van der Waals surface area contributed by atoms with E-state index in [1.807, 2.05) is 6.08 Å². The van der Waals surface area contributed by atoms with E-state index in [1.165, 1.54) is 25.7 Å². The molecule has 11 atom stereocenters. The molecule has 0 aromatic rings. The van der Waals surface area contributed by atoms with E-state index >= 15 is 0 Å². The van der Waals surface area contributed by atoms with Gasteiger partial charge in [0.2, 0.25) is 6.29 Å². The average molecular weight is 401 g/mol. The average Bonchev–Trinajstić information content (AvgIpc) is 3.57. The molecule has 4 saturated carbocycles. The summed E-state index contributed by atoms with van der Waals surface area (Å²) >= 11 is 0. The number of carbonyl (C=O) groups is 1. The van der Waals surface area contributed by atoms with Crippen LogP contribution in [0, 0.1) is 34.5 Å². The van der Waals surface area contributed by atoms with Crippen molar-refractivity contribution in [1.29, 1.82) is 0 Å². The Morgan fingerprint density at radius 3 is 2.72 bits per heavy atom. The summed E-state index contributed by atoms with van der Waals surface area (Å²) in [6, 6.07) is 0. The first kappa shape index (κ1) is 17.7. The lowest BCUT2D eigenvalue weighted by Crippen LogP contribution is -2.59. The highest BCUT2D eigenvalue weighted by Crippen LogP contribution is 2.79. The van der Waals surface area contributed by atoms with Gasteiger partial charge in [-0.05, 0) is 80.6 Å². The van der Waals surface area contributed by atoms with Crippen molar-refractivity contribution in [3.05, 3.63) is 12.2 Å². The summed E-state index contributed by atoms with van der Waals surface area (Å²) in [7, 11) is 0. The van der Waals surface area contributed by atoms with Gasteiger partial charge in [0.1, 0.15) is 5.60 Å². The number of ether oxygens (including phenoxy) is 3. The van der Waals surface area contributed by atoms with Gasteiger partial charge in [-0.3, -0.25) is 0 Å². The minimum absolute atomic E-state index is 0.00876. The summed E-state index contributed by atoms with van der Waals surface area (Å²) in [5, 5.41) is 10.3. The number of fused-ring (bicyclic) bond motifs is 4. The summed E-state index contributed by atoms with van der Waals surface area (Å²) in [5.41, 5.74) is 0.0174. The maximum atomic E-state index is 11.6. The van der Waals surface area contributed by atoms with Gasteiger partial charge in [-0.15, -0.1) is 0 Å². The van der Waals surface area contributed by atoms with Gasteiger partial charge in [-0.2, -0.15) is 0 Å². The van der Waals surface area contributed by atoms with Crippen molar-refractivity contribution < 1.29 is 24.1 Å². The first-order chi connectivity index (χ1) is 13.8. The van der Waals surface area contributed by atoms with E-state index in [0.717, 1.165) is 25.7 Å². The van der Waals surface area contributed by atoms with Crippen LogP contribution in [0.5, 0.6) is 0 Å². The number of carbonyl (C=O) groups excluding carboxylic acids is 1. The molecule has 0 radical (unpaired) electrons. The van der Waals surface area contributed by atoms with Crippen molar-refractivity contribution in [3.63, 3.8) is 0 Å². The predicted molar refractivity (Wildman–Crippen MR) is 104 cm³/mol. The molecular weight excluding hydrogens is 368 g/mol. The van der Waals surface area contributed by atoms with Crippen molar-refractivity contribution in [2.75, 3.05) is 0 Å². The molecule has 1 N–H and O–H groups in total. The normalized spacial score (nSPS) is 64.1. The van der Waals surface area contributed by atoms with Crippen LogP contribution >= 0.6 is 0 Å². The molecule has 158 valence electrons. The highest BCUT2D eigenvalue weighted by molar-refractivity contribution is 5.84. The highest BCUT2D eigenvalue weighted by atomic mass is 16.8. The highest BCUT2D eigenvalue weighted by Gasteiger charge is 2.85. The monoisotopic (exact) mass is 400 g/mol. The quantitative estimate of drug-likeness (QED) is 0.540. The first-order valence-corrected chi connectivity index (χ1v) is 11.8. The SMILES string of the molecule is C[C@]12CC[C@H](O)C[C@H]1CC[C@@H]1[C@@H]2CC[C@]2(C)[C@@H]([C@@]34C=CC(=O)O[C@H]3O4)C[C@H]3O[C@]132. The first-order valence-electron chi connectivity index (χ1n) is 11.8. The fraction of sp³-hybridized carbons (Fsp3) is 0.875. The molecule has 0 unspecified atom stereocenters. The topological polar surface area (TPSA) is 71.6 Å². The van der Waals surface area contributed by atoms with Crippen LogP contribution in [0.15, 0.2) is 12.2 Å². The molecule has 3 aliphatic heterocycles. The molecule has 29 heavy (non-hydrogen) atoms. The third-order valence-corrected chi connectivity index (χ3v) is 10.9. The molecule has 7 rings (SSSR count). The Hall–Kier alpha value is -0.910. The zero-order valence-electron chi connectivity index (χ0n) is 17.4. The number of epoxide rings is 2. The maximum absolute atomic E-state index is 11.6. The van der Waals surface area contributed by atoms with Crippen LogP contribution in [0.25, 0.3) is 0 Å². The minimum Gasteiger partial charge on any atom is -0.429 e. The van der Waals surface area contributed by atoms with Gasteiger partial charge >= 0.3 is 5.97 Å². The Morgan fingerprint density at radius 1 is 1.03 bits per heavy atom. The molecule has 1 spiro atoms. The van der Waals surface area contributed by atoms with E-state index in [2.05, 4.69) is 13.8 Å². The molecular formula is C24H32O5. The molecule has 5 nitrogen and oxygen atoms in total. The van der Waals surface area contributed by atoms with Gasteiger partial charge < -0.3 is 19.3 Å². The van der Waals surface area contributed by atoms with E-state index in [0.29, 0.717) is 35.2 Å². The Bertz CT molecular complexity index is 824. The second kappa shape index (κ2) is 5.11. The summed E-state index contributed by atoms with van der Waals surface area (Å²) in [6.07, 6.45) is 12.4. The van der Waals surface area contributed by atoms with Gasteiger partial charge in [0.15, 0.2) is 5.60 Å². The van der Waals surface area contributed by atoms with E-state index in [-0.39, 0.29) is 29.4 Å². The zero-order valence-corrected chi connectivity index (χ0v) is 17.4. The molecule has 0 aromatic heterocycles. The number of aliphatic hydroxyl groups excluding tert-OH is 1. The predicted octanol–water partition coefficient (Wildman–Crippen LogP) is 3.35. The van der Waals surface area contributed by atoms with Crippen LogP contribution in [-0.2, 0) is 19.0 Å². The second-order valence-corrected chi connectivity index (χ2v) is 11.6. The Balaban J connectivity index is 1.24. The minimum atomic E-state index is -0.407. The molecule has 4 aliphatic carbocycles. The van der Waals surface area contributed by atoms with Crippen molar-refractivity contribution in [2.24, 2.45) is 34.5 Å². The van der Waals surface area contributed by atoms with Crippen molar-refractivity contribution in [3.8, 4) is 0 Å². The molecule has 3 heterocycles. The van der Waals surface area contributed by atoms with Crippen LogP contribution in [-0.4, -0.2) is 40.8 Å². The Morgan fingerprint density at radius 2 is 1.90 bits per heavy atom. The van der Waals surface area contributed by atoms with Gasteiger partial charge in [0.05, 0.1) is 12.2 Å². The lowest BCUT2D eigenvalue weighted by molar-refractivity contribution is -0.151. The fourth-order valence-corrected chi connectivity index (χ4v) is 9.44. The van der Waals surface area contributed by atoms with Gasteiger partial charge in [0.25, 0.3) is 0 Å². The van der Waals surface area contributed by atoms with Crippen molar-refractivity contribution in [1.82, 2.24) is 0 Å². The number of hydrogen-bond donors (Lipinski definition) is 1. The zero-order chi connectivity index (χ0) is 19.8. The van der Waals surface area contributed by atoms with Crippen LogP contribution in [0.2, 0.25) is 0 Å². The summed E-state index contributed by atoms with van der Waals surface area (Å²) in [5.74, 6) is 2.08. The Labute approximate surface area is 172 Å². The molecule has 6 fully saturated rings. The van der Waals surface area contributed by atoms with E-state index in [4.69, 9.17) is 14.2 Å². The lowest BCUT2D eigenvalue weighted by Gasteiger charge is -2.61. The third kappa shape index (κ3) is 1.89. The molecule has 7 aliphatic rings. The van der Waals surface area contributed by atoms with Crippen LogP contribution in [0.4, 0.5) is 0 Å². The standard InChI is InChI=1S/C24H32O5/c1-21-8-5-14(25)11-13(21)3-4-16-15(21)6-9-22(2)17(12-18-24(16,22)28-18)23-10-7-19(26)27-20(23)29-23/h7,10,13-18,20,25H,3-6,8-9,11-12H2,1-2H3/t13-,14+,15+,16-,17+,18-,20+,21+,22-,23+,24-/m1/s1. The Kier molecular flexibility index (Phi) is 3.12. The summed E-state index contributed by atoms with van der Waals surface area (Å²) in [6.45, 7) is 4.96. The van der Waals surface area contributed by atoms with Crippen LogP contribution in [0.3, 0.4) is 0 Å². The van der Waals surface area contributed by atoms with E-state index < -0.39 is 5.60 Å². The second-order valence-electron chi connectivity index (χ2n) is 11.6. The van der Waals surface area contributed by atoms with E-state index in [9.17, 15) is 9.90 Å². The third-order valence-electron chi connectivity index (χ3n) is 10.9. The van der Waals surface area contributed by atoms with Gasteiger partial charge in [-0.25, -0.2) is 4.79 Å². The number of rotatable bonds is 1. The van der Waals surface area contributed by atoms with Crippen LogP contribution in [0.1, 0.15) is 65.2 Å². The molecule has 0 bridgehead atoms. The molecule has 0 aromatic carbocycles. The summed E-state index contributed by atoms with van der Waals surface area (Å²) < 4.78 is 18.1. The maximum Gasteiger partial charge on any atom is 0.332 e. The smallest absolute Gasteiger partial charge is 0.332 e. The molecule has 5 heteroatoms.